The van der Waals surface area contributed by atoms with Gasteiger partial charge < -0.3 is 5.32 Å². The molecule has 0 radical (unpaired) electrons. The van der Waals surface area contributed by atoms with Gasteiger partial charge in [0, 0.05) is 6.04 Å². The van der Waals surface area contributed by atoms with Gasteiger partial charge in [0.05, 0.1) is 0 Å². The molecule has 0 unspecified atom stereocenters. The first-order chi connectivity index (χ1) is 8.81. The molecule has 2 saturated carbocycles. The van der Waals surface area contributed by atoms with Crippen molar-refractivity contribution in [3.05, 3.63) is 35.6 Å². The van der Waals surface area contributed by atoms with Gasteiger partial charge >= 0.3 is 0 Å². The Morgan fingerprint density at radius 2 is 1.83 bits per heavy atom. The van der Waals surface area contributed by atoms with Gasteiger partial charge in [-0.3, -0.25) is 0 Å². The molecule has 2 fully saturated rings. The second kappa shape index (κ2) is 5.40. The van der Waals surface area contributed by atoms with E-state index in [1.54, 1.807) is 12.1 Å². The van der Waals surface area contributed by atoms with Gasteiger partial charge in [-0.25, -0.2) is 4.39 Å². The first-order valence-corrected chi connectivity index (χ1v) is 7.30. The van der Waals surface area contributed by atoms with E-state index >= 15 is 0 Å². The standard InChI is InChI=1S/C16H22FN/c17-15-7-5-13(6-8-15)14-10-16(11-14)18-9-1-2-12-3-4-12/h5-8,12,14,16,18H,1-4,9-11H2. The van der Waals surface area contributed by atoms with Crippen LogP contribution in [0.5, 0.6) is 0 Å². The molecule has 18 heavy (non-hydrogen) atoms. The summed E-state index contributed by atoms with van der Waals surface area (Å²) in [5.41, 5.74) is 1.30. The number of hydrogen-bond donors (Lipinski definition) is 1. The van der Waals surface area contributed by atoms with E-state index in [9.17, 15) is 4.39 Å². The minimum absolute atomic E-state index is 0.132. The van der Waals surface area contributed by atoms with Crippen molar-refractivity contribution in [2.24, 2.45) is 5.92 Å². The van der Waals surface area contributed by atoms with Crippen molar-refractivity contribution in [1.82, 2.24) is 5.32 Å². The Morgan fingerprint density at radius 3 is 2.50 bits per heavy atom. The van der Waals surface area contributed by atoms with Crippen LogP contribution < -0.4 is 5.32 Å². The van der Waals surface area contributed by atoms with E-state index in [0.29, 0.717) is 12.0 Å². The number of benzene rings is 1. The molecule has 1 aromatic rings. The quantitative estimate of drug-likeness (QED) is 0.753. The average Bonchev–Trinajstić information content (AvgIpc) is 3.12. The van der Waals surface area contributed by atoms with Crippen molar-refractivity contribution in [3.63, 3.8) is 0 Å². The van der Waals surface area contributed by atoms with Gasteiger partial charge in [0.1, 0.15) is 5.82 Å². The summed E-state index contributed by atoms with van der Waals surface area (Å²) in [6, 6.07) is 7.71. The average molecular weight is 247 g/mol. The topological polar surface area (TPSA) is 12.0 Å². The SMILES string of the molecule is Fc1ccc(C2CC(NCCCC3CC3)C2)cc1. The van der Waals surface area contributed by atoms with Crippen LogP contribution in [-0.2, 0) is 0 Å². The van der Waals surface area contributed by atoms with Crippen LogP contribution in [0.25, 0.3) is 0 Å². The lowest BCUT2D eigenvalue weighted by Gasteiger charge is -2.36. The predicted molar refractivity (Wildman–Crippen MR) is 72.1 cm³/mol. The Bertz CT molecular complexity index is 377. The van der Waals surface area contributed by atoms with Crippen molar-refractivity contribution in [1.29, 1.82) is 0 Å². The molecule has 0 bridgehead atoms. The molecular formula is C16H22FN. The minimum atomic E-state index is -0.132. The fourth-order valence-electron chi connectivity index (χ4n) is 2.90. The molecule has 1 nitrogen and oxygen atoms in total. The summed E-state index contributed by atoms with van der Waals surface area (Å²) in [6.45, 7) is 1.18. The molecule has 0 heterocycles. The molecule has 2 aliphatic carbocycles. The third-order valence-corrected chi connectivity index (χ3v) is 4.40. The highest BCUT2D eigenvalue weighted by Crippen LogP contribution is 2.37. The first-order valence-electron chi connectivity index (χ1n) is 7.30. The summed E-state index contributed by atoms with van der Waals surface area (Å²) in [7, 11) is 0. The fourth-order valence-corrected chi connectivity index (χ4v) is 2.90. The molecular weight excluding hydrogens is 225 g/mol. The Balaban J connectivity index is 1.33. The summed E-state index contributed by atoms with van der Waals surface area (Å²) < 4.78 is 12.8. The zero-order valence-corrected chi connectivity index (χ0v) is 10.9. The maximum absolute atomic E-state index is 12.8. The van der Waals surface area contributed by atoms with Crippen molar-refractivity contribution in [2.45, 2.75) is 50.5 Å². The van der Waals surface area contributed by atoms with Crippen LogP contribution >= 0.6 is 0 Å². The maximum atomic E-state index is 12.8. The summed E-state index contributed by atoms with van der Waals surface area (Å²) in [4.78, 5) is 0. The van der Waals surface area contributed by atoms with Crippen LogP contribution in [0.2, 0.25) is 0 Å². The maximum Gasteiger partial charge on any atom is 0.123 e. The molecule has 0 aliphatic heterocycles. The van der Waals surface area contributed by atoms with Crippen LogP contribution in [0.1, 0.15) is 50.0 Å². The molecule has 98 valence electrons. The monoisotopic (exact) mass is 247 g/mol. The van der Waals surface area contributed by atoms with E-state index in [4.69, 9.17) is 0 Å². The lowest BCUT2D eigenvalue weighted by Crippen LogP contribution is -2.40. The highest BCUT2D eigenvalue weighted by molar-refractivity contribution is 5.23. The molecule has 2 aliphatic rings. The highest BCUT2D eigenvalue weighted by Gasteiger charge is 2.29. The molecule has 0 aromatic heterocycles. The predicted octanol–water partition coefficient (Wildman–Crippen LogP) is 3.85. The summed E-state index contributed by atoms with van der Waals surface area (Å²) >= 11 is 0. The fraction of sp³-hybridized carbons (Fsp3) is 0.625. The molecule has 1 N–H and O–H groups in total. The molecule has 3 rings (SSSR count). The normalized spacial score (nSPS) is 26.9. The summed E-state index contributed by atoms with van der Waals surface area (Å²) in [5.74, 6) is 1.57. The molecule has 1 aromatic carbocycles. The Kier molecular flexibility index (Phi) is 3.64. The van der Waals surface area contributed by atoms with Crippen molar-refractivity contribution in [3.8, 4) is 0 Å². The van der Waals surface area contributed by atoms with Crippen LogP contribution in [0, 0.1) is 11.7 Å². The van der Waals surface area contributed by atoms with Gasteiger partial charge in [-0.2, -0.15) is 0 Å². The van der Waals surface area contributed by atoms with Gasteiger partial charge in [0.15, 0.2) is 0 Å². The zero-order valence-electron chi connectivity index (χ0n) is 10.9. The van der Waals surface area contributed by atoms with E-state index in [1.165, 1.54) is 50.6 Å². The van der Waals surface area contributed by atoms with Gasteiger partial charge in [-0.05, 0) is 61.8 Å². The molecule has 0 spiro atoms. The molecule has 2 heteroatoms. The van der Waals surface area contributed by atoms with Gasteiger partial charge in [0.2, 0.25) is 0 Å². The van der Waals surface area contributed by atoms with Gasteiger partial charge in [-0.15, -0.1) is 0 Å². The summed E-state index contributed by atoms with van der Waals surface area (Å²) in [6.07, 6.45) is 8.12. The zero-order chi connectivity index (χ0) is 12.4. The number of halogens is 1. The first kappa shape index (κ1) is 12.2. The van der Waals surface area contributed by atoms with Crippen molar-refractivity contribution >= 4 is 0 Å². The lowest BCUT2D eigenvalue weighted by molar-refractivity contribution is 0.289. The van der Waals surface area contributed by atoms with Crippen molar-refractivity contribution in [2.75, 3.05) is 6.54 Å². The minimum Gasteiger partial charge on any atom is -0.314 e. The van der Waals surface area contributed by atoms with E-state index in [1.807, 2.05) is 12.1 Å². The van der Waals surface area contributed by atoms with Crippen molar-refractivity contribution < 1.29 is 4.39 Å². The van der Waals surface area contributed by atoms with E-state index in [0.717, 1.165) is 5.92 Å². The molecule has 0 amide bonds. The highest BCUT2D eigenvalue weighted by atomic mass is 19.1. The number of rotatable bonds is 6. The second-order valence-corrected chi connectivity index (χ2v) is 5.96. The van der Waals surface area contributed by atoms with Crippen LogP contribution in [-0.4, -0.2) is 12.6 Å². The Labute approximate surface area is 109 Å². The third kappa shape index (κ3) is 3.11. The summed E-state index contributed by atoms with van der Waals surface area (Å²) in [5, 5.41) is 3.64. The largest absolute Gasteiger partial charge is 0.314 e. The van der Waals surface area contributed by atoms with E-state index in [2.05, 4.69) is 5.32 Å². The van der Waals surface area contributed by atoms with Gasteiger partial charge in [0.25, 0.3) is 0 Å². The van der Waals surface area contributed by atoms with Gasteiger partial charge in [-0.1, -0.05) is 25.0 Å². The smallest absolute Gasteiger partial charge is 0.123 e. The number of nitrogens with one attached hydrogen (secondary N) is 1. The molecule has 0 saturated heterocycles. The Morgan fingerprint density at radius 1 is 1.11 bits per heavy atom. The molecule has 0 atom stereocenters. The van der Waals surface area contributed by atoms with Crippen LogP contribution in [0.4, 0.5) is 4.39 Å². The third-order valence-electron chi connectivity index (χ3n) is 4.40. The van der Waals surface area contributed by atoms with E-state index in [-0.39, 0.29) is 5.82 Å². The second-order valence-electron chi connectivity index (χ2n) is 5.96. The van der Waals surface area contributed by atoms with Crippen LogP contribution in [0.3, 0.4) is 0 Å². The van der Waals surface area contributed by atoms with E-state index < -0.39 is 0 Å². The number of hydrogen-bond acceptors (Lipinski definition) is 1. The Hall–Kier alpha value is -0.890. The lowest BCUT2D eigenvalue weighted by atomic mass is 9.76. The van der Waals surface area contributed by atoms with Crippen LogP contribution in [0.15, 0.2) is 24.3 Å².